The number of methoxy groups -OCH3 is 1. The lowest BCUT2D eigenvalue weighted by Gasteiger charge is -2.17. The maximum atomic E-state index is 12.3. The molecule has 0 spiro atoms. The molecule has 120 valence electrons. The standard InChI is InChI=1S/C18H19NO4/c1-11(16(20)19-18(7-8-18)17(21)22)12-3-4-14-10-15(23-2)6-5-13(14)9-12/h3-6,9-11H,7-8H2,1-2H3,(H,19,20)(H,21,22). The van der Waals surface area contributed by atoms with Crippen LogP contribution in [0.4, 0.5) is 0 Å². The van der Waals surface area contributed by atoms with Crippen molar-refractivity contribution in [3.05, 3.63) is 42.0 Å². The molecule has 0 aliphatic heterocycles. The number of ether oxygens (including phenoxy) is 1. The van der Waals surface area contributed by atoms with Gasteiger partial charge in [-0.1, -0.05) is 24.3 Å². The quantitative estimate of drug-likeness (QED) is 0.890. The molecule has 1 saturated carbocycles. The number of carbonyl (C=O) groups excluding carboxylic acids is 1. The summed E-state index contributed by atoms with van der Waals surface area (Å²) in [5, 5.41) is 13.9. The van der Waals surface area contributed by atoms with E-state index in [-0.39, 0.29) is 5.91 Å². The van der Waals surface area contributed by atoms with Gasteiger partial charge in [0.1, 0.15) is 11.3 Å². The average Bonchev–Trinajstić information content (AvgIpc) is 3.34. The zero-order chi connectivity index (χ0) is 16.6. The number of carboxylic acid groups (broad SMARTS) is 1. The Kier molecular flexibility index (Phi) is 3.72. The predicted octanol–water partition coefficient (Wildman–Crippen LogP) is 2.69. The van der Waals surface area contributed by atoms with Crippen molar-refractivity contribution in [2.75, 3.05) is 7.11 Å². The highest BCUT2D eigenvalue weighted by Gasteiger charge is 2.52. The van der Waals surface area contributed by atoms with Gasteiger partial charge in [-0.15, -0.1) is 0 Å². The number of amides is 1. The normalized spacial score (nSPS) is 16.6. The first-order valence-electron chi connectivity index (χ1n) is 7.58. The van der Waals surface area contributed by atoms with Crippen LogP contribution in [-0.2, 0) is 9.59 Å². The number of nitrogens with one attached hydrogen (secondary N) is 1. The van der Waals surface area contributed by atoms with Gasteiger partial charge in [0.05, 0.1) is 13.0 Å². The van der Waals surface area contributed by atoms with E-state index in [0.29, 0.717) is 12.8 Å². The molecule has 2 N–H and O–H groups in total. The van der Waals surface area contributed by atoms with Gasteiger partial charge in [-0.3, -0.25) is 4.79 Å². The third-order valence-electron chi connectivity index (χ3n) is 4.49. The second-order valence-corrected chi connectivity index (χ2v) is 6.07. The minimum absolute atomic E-state index is 0.252. The van der Waals surface area contributed by atoms with Crippen molar-refractivity contribution >= 4 is 22.6 Å². The van der Waals surface area contributed by atoms with Crippen molar-refractivity contribution in [2.24, 2.45) is 0 Å². The van der Waals surface area contributed by atoms with E-state index < -0.39 is 17.4 Å². The summed E-state index contributed by atoms with van der Waals surface area (Å²) in [4.78, 5) is 23.5. The Hall–Kier alpha value is -2.56. The maximum absolute atomic E-state index is 12.3. The Morgan fingerprint density at radius 3 is 2.43 bits per heavy atom. The largest absolute Gasteiger partial charge is 0.497 e. The smallest absolute Gasteiger partial charge is 0.329 e. The second kappa shape index (κ2) is 5.57. The van der Waals surface area contributed by atoms with E-state index >= 15 is 0 Å². The molecule has 23 heavy (non-hydrogen) atoms. The van der Waals surface area contributed by atoms with Gasteiger partial charge in [0, 0.05) is 0 Å². The van der Waals surface area contributed by atoms with Crippen LogP contribution in [0.25, 0.3) is 10.8 Å². The van der Waals surface area contributed by atoms with E-state index in [0.717, 1.165) is 22.1 Å². The molecule has 3 rings (SSSR count). The van der Waals surface area contributed by atoms with E-state index in [4.69, 9.17) is 9.84 Å². The summed E-state index contributed by atoms with van der Waals surface area (Å²) < 4.78 is 5.20. The summed E-state index contributed by atoms with van der Waals surface area (Å²) in [7, 11) is 1.62. The number of hydrogen-bond acceptors (Lipinski definition) is 3. The Balaban J connectivity index is 1.81. The highest BCUT2D eigenvalue weighted by Crippen LogP contribution is 2.36. The van der Waals surface area contributed by atoms with Gasteiger partial charge in [0.15, 0.2) is 0 Å². The van der Waals surface area contributed by atoms with E-state index in [1.807, 2.05) is 36.4 Å². The van der Waals surface area contributed by atoms with Crippen molar-refractivity contribution < 1.29 is 19.4 Å². The Bertz CT molecular complexity index is 780. The van der Waals surface area contributed by atoms with E-state index in [1.165, 1.54) is 0 Å². The van der Waals surface area contributed by atoms with Crippen molar-refractivity contribution in [2.45, 2.75) is 31.2 Å². The summed E-state index contributed by atoms with van der Waals surface area (Å²) >= 11 is 0. The molecule has 5 nitrogen and oxygen atoms in total. The highest BCUT2D eigenvalue weighted by atomic mass is 16.5. The van der Waals surface area contributed by atoms with Crippen LogP contribution in [0.1, 0.15) is 31.2 Å². The minimum atomic E-state index is -1.05. The lowest BCUT2D eigenvalue weighted by atomic mass is 9.96. The third-order valence-corrected chi connectivity index (χ3v) is 4.49. The lowest BCUT2D eigenvalue weighted by molar-refractivity contribution is -0.143. The Morgan fingerprint density at radius 1 is 1.17 bits per heavy atom. The third kappa shape index (κ3) is 2.86. The van der Waals surface area contributed by atoms with Crippen molar-refractivity contribution in [1.29, 1.82) is 0 Å². The first-order valence-corrected chi connectivity index (χ1v) is 7.58. The highest BCUT2D eigenvalue weighted by molar-refractivity contribution is 5.93. The molecule has 5 heteroatoms. The molecule has 1 amide bonds. The maximum Gasteiger partial charge on any atom is 0.329 e. The van der Waals surface area contributed by atoms with Crippen LogP contribution in [0.3, 0.4) is 0 Å². The first kappa shape index (κ1) is 15.3. The molecule has 2 aromatic rings. The molecule has 1 unspecified atom stereocenters. The number of carbonyl (C=O) groups is 2. The number of rotatable bonds is 5. The van der Waals surface area contributed by atoms with Crippen LogP contribution < -0.4 is 10.1 Å². The number of aliphatic carboxylic acids is 1. The lowest BCUT2D eigenvalue weighted by Crippen LogP contribution is -2.44. The van der Waals surface area contributed by atoms with E-state index in [1.54, 1.807) is 14.0 Å². The molecule has 0 aromatic heterocycles. The van der Waals surface area contributed by atoms with Crippen LogP contribution in [0.5, 0.6) is 5.75 Å². The fraction of sp³-hybridized carbons (Fsp3) is 0.333. The van der Waals surface area contributed by atoms with Crippen molar-refractivity contribution in [1.82, 2.24) is 5.32 Å². The van der Waals surface area contributed by atoms with Crippen molar-refractivity contribution in [3.63, 3.8) is 0 Å². The summed E-state index contributed by atoms with van der Waals surface area (Å²) in [5.74, 6) is -0.826. The average molecular weight is 313 g/mol. The van der Waals surface area contributed by atoms with Crippen LogP contribution in [-0.4, -0.2) is 29.6 Å². The molecule has 1 aliphatic rings. The molecule has 0 saturated heterocycles. The molecule has 2 aromatic carbocycles. The van der Waals surface area contributed by atoms with Crippen molar-refractivity contribution in [3.8, 4) is 5.75 Å². The molecule has 1 aliphatic carbocycles. The Morgan fingerprint density at radius 2 is 1.83 bits per heavy atom. The molecular formula is C18H19NO4. The van der Waals surface area contributed by atoms with Gasteiger partial charge < -0.3 is 15.2 Å². The topological polar surface area (TPSA) is 75.6 Å². The summed E-state index contributed by atoms with van der Waals surface area (Å²) in [6.45, 7) is 1.79. The zero-order valence-electron chi connectivity index (χ0n) is 13.1. The summed E-state index contributed by atoms with van der Waals surface area (Å²) in [6.07, 6.45) is 0.997. The fourth-order valence-corrected chi connectivity index (χ4v) is 2.65. The van der Waals surface area contributed by atoms with Gasteiger partial charge in [-0.2, -0.15) is 0 Å². The number of hydrogen-bond donors (Lipinski definition) is 2. The van der Waals surface area contributed by atoms with Gasteiger partial charge in [0.2, 0.25) is 5.91 Å². The minimum Gasteiger partial charge on any atom is -0.497 e. The van der Waals surface area contributed by atoms with Gasteiger partial charge in [-0.05, 0) is 48.2 Å². The zero-order valence-corrected chi connectivity index (χ0v) is 13.1. The molecule has 0 bridgehead atoms. The second-order valence-electron chi connectivity index (χ2n) is 6.07. The monoisotopic (exact) mass is 313 g/mol. The SMILES string of the molecule is COc1ccc2cc(C(C)C(=O)NC3(C(=O)O)CC3)ccc2c1. The number of fused-ring (bicyclic) bond motifs is 1. The predicted molar refractivity (Wildman–Crippen MR) is 86.7 cm³/mol. The van der Waals surface area contributed by atoms with E-state index in [9.17, 15) is 9.59 Å². The molecule has 0 heterocycles. The van der Waals surface area contributed by atoms with Gasteiger partial charge >= 0.3 is 5.97 Å². The van der Waals surface area contributed by atoms with Gasteiger partial charge in [0.25, 0.3) is 0 Å². The van der Waals surface area contributed by atoms with Gasteiger partial charge in [-0.25, -0.2) is 4.79 Å². The van der Waals surface area contributed by atoms with Crippen LogP contribution in [0.15, 0.2) is 36.4 Å². The number of carboxylic acids is 1. The van der Waals surface area contributed by atoms with Crippen LogP contribution in [0.2, 0.25) is 0 Å². The molecular weight excluding hydrogens is 294 g/mol. The van der Waals surface area contributed by atoms with Crippen LogP contribution >= 0.6 is 0 Å². The molecule has 1 atom stereocenters. The van der Waals surface area contributed by atoms with E-state index in [2.05, 4.69) is 5.32 Å². The van der Waals surface area contributed by atoms with Crippen LogP contribution in [0, 0.1) is 0 Å². The summed E-state index contributed by atoms with van der Waals surface area (Å²) in [5.41, 5.74) is -0.184. The Labute approximate surface area is 134 Å². The first-order chi connectivity index (χ1) is 10.9. The summed E-state index contributed by atoms with van der Waals surface area (Å²) in [6, 6.07) is 11.6. The fourth-order valence-electron chi connectivity index (χ4n) is 2.65. The molecule has 0 radical (unpaired) electrons. The number of benzene rings is 2. The molecule has 1 fully saturated rings.